The molecule has 0 saturated carbocycles. The van der Waals surface area contributed by atoms with E-state index in [9.17, 15) is 4.79 Å². The molecule has 1 aliphatic heterocycles. The molecule has 1 heterocycles. The van der Waals surface area contributed by atoms with Crippen molar-refractivity contribution in [1.29, 1.82) is 0 Å². The van der Waals surface area contributed by atoms with E-state index in [1.807, 2.05) is 12.1 Å². The first kappa shape index (κ1) is 21.0. The van der Waals surface area contributed by atoms with E-state index >= 15 is 0 Å². The zero-order valence-electron chi connectivity index (χ0n) is 17.4. The van der Waals surface area contributed by atoms with Gasteiger partial charge in [-0.2, -0.15) is 0 Å². The summed E-state index contributed by atoms with van der Waals surface area (Å²) in [6, 6.07) is 14.3. The summed E-state index contributed by atoms with van der Waals surface area (Å²) >= 11 is 0. The van der Waals surface area contributed by atoms with Gasteiger partial charge in [0.05, 0.1) is 27.9 Å². The third kappa shape index (κ3) is 5.41. The Morgan fingerprint density at radius 3 is 2.17 bits per heavy atom. The molecule has 0 radical (unpaired) electrons. The predicted molar refractivity (Wildman–Crippen MR) is 113 cm³/mol. The number of piperidine rings is 1. The third-order valence-corrected chi connectivity index (χ3v) is 5.44. The Balaban J connectivity index is 1.49. The summed E-state index contributed by atoms with van der Waals surface area (Å²) in [4.78, 5) is 14.7. The normalized spacial score (nSPS) is 15.0. The van der Waals surface area contributed by atoms with E-state index in [1.54, 1.807) is 21.3 Å². The number of ether oxygens (including phenoxy) is 3. The quantitative estimate of drug-likeness (QED) is 0.740. The molecule has 1 aliphatic rings. The van der Waals surface area contributed by atoms with E-state index in [0.717, 1.165) is 31.5 Å². The van der Waals surface area contributed by atoms with Gasteiger partial charge < -0.3 is 19.5 Å². The summed E-state index contributed by atoms with van der Waals surface area (Å²) < 4.78 is 16.1. The van der Waals surface area contributed by atoms with Crippen molar-refractivity contribution < 1.29 is 19.0 Å². The van der Waals surface area contributed by atoms with Crippen LogP contribution >= 0.6 is 0 Å². The zero-order valence-corrected chi connectivity index (χ0v) is 17.4. The van der Waals surface area contributed by atoms with Crippen molar-refractivity contribution >= 4 is 5.91 Å². The van der Waals surface area contributed by atoms with Crippen molar-refractivity contribution in [3.63, 3.8) is 0 Å². The van der Waals surface area contributed by atoms with E-state index in [4.69, 9.17) is 14.2 Å². The Hall–Kier alpha value is -2.73. The van der Waals surface area contributed by atoms with Crippen LogP contribution in [0.1, 0.15) is 29.9 Å². The lowest BCUT2D eigenvalue weighted by atomic mass is 9.89. The topological polar surface area (TPSA) is 60.0 Å². The highest BCUT2D eigenvalue weighted by Gasteiger charge is 2.22. The van der Waals surface area contributed by atoms with Gasteiger partial charge in [0.2, 0.25) is 11.7 Å². The fraction of sp³-hybridized carbons (Fsp3) is 0.435. The smallest absolute Gasteiger partial charge is 0.234 e. The van der Waals surface area contributed by atoms with E-state index < -0.39 is 0 Å². The number of likely N-dealkylation sites (tertiary alicyclic amines) is 1. The Morgan fingerprint density at radius 2 is 1.62 bits per heavy atom. The van der Waals surface area contributed by atoms with Gasteiger partial charge in [-0.25, -0.2) is 0 Å². The highest BCUT2D eigenvalue weighted by atomic mass is 16.5. The SMILES string of the molecule is COc1cc(CNC(=O)CN2CCC(c3ccccc3)CC2)cc(OC)c1OC. The molecule has 0 unspecified atom stereocenters. The summed E-state index contributed by atoms with van der Waals surface area (Å²) in [6.45, 7) is 2.72. The summed E-state index contributed by atoms with van der Waals surface area (Å²) in [7, 11) is 4.74. The van der Waals surface area contributed by atoms with E-state index in [1.165, 1.54) is 5.56 Å². The molecule has 156 valence electrons. The van der Waals surface area contributed by atoms with Crippen molar-refractivity contribution in [3.8, 4) is 17.2 Å². The van der Waals surface area contributed by atoms with Crippen LogP contribution in [-0.4, -0.2) is 51.8 Å². The van der Waals surface area contributed by atoms with Crippen LogP contribution in [0.2, 0.25) is 0 Å². The Morgan fingerprint density at radius 1 is 1.00 bits per heavy atom. The lowest BCUT2D eigenvalue weighted by molar-refractivity contribution is -0.122. The Bertz CT molecular complexity index is 777. The van der Waals surface area contributed by atoms with Gasteiger partial charge in [0.1, 0.15) is 0 Å². The standard InChI is InChI=1S/C23H30N2O4/c1-27-20-13-17(14-21(28-2)23(20)29-3)15-24-22(26)16-25-11-9-19(10-12-25)18-7-5-4-6-8-18/h4-8,13-14,19H,9-12,15-16H2,1-3H3,(H,24,26). The van der Waals surface area contributed by atoms with Gasteiger partial charge in [0.25, 0.3) is 0 Å². The molecular formula is C23H30N2O4. The number of nitrogens with one attached hydrogen (secondary N) is 1. The molecule has 0 spiro atoms. The van der Waals surface area contributed by atoms with Crippen LogP contribution in [0.15, 0.2) is 42.5 Å². The molecule has 6 heteroatoms. The van der Waals surface area contributed by atoms with Crippen molar-refractivity contribution in [1.82, 2.24) is 10.2 Å². The number of amides is 1. The highest BCUT2D eigenvalue weighted by molar-refractivity contribution is 5.78. The molecule has 2 aromatic carbocycles. The number of carbonyl (C=O) groups excluding carboxylic acids is 1. The van der Waals surface area contributed by atoms with Gasteiger partial charge in [-0.3, -0.25) is 9.69 Å². The first-order valence-electron chi connectivity index (χ1n) is 9.97. The maximum absolute atomic E-state index is 12.4. The highest BCUT2D eigenvalue weighted by Crippen LogP contribution is 2.38. The molecule has 1 saturated heterocycles. The Kier molecular flexibility index (Phi) is 7.36. The molecule has 0 aromatic heterocycles. The number of hydrogen-bond donors (Lipinski definition) is 1. The maximum atomic E-state index is 12.4. The van der Waals surface area contributed by atoms with Crippen molar-refractivity contribution in [3.05, 3.63) is 53.6 Å². The van der Waals surface area contributed by atoms with Crippen LogP contribution in [0.3, 0.4) is 0 Å². The molecule has 0 aliphatic carbocycles. The summed E-state index contributed by atoms with van der Waals surface area (Å²) in [5.74, 6) is 2.33. The van der Waals surface area contributed by atoms with Crippen molar-refractivity contribution in [2.45, 2.75) is 25.3 Å². The summed E-state index contributed by atoms with van der Waals surface area (Å²) in [5, 5.41) is 3.00. The lowest BCUT2D eigenvalue weighted by Gasteiger charge is -2.31. The largest absolute Gasteiger partial charge is 0.493 e. The number of benzene rings is 2. The number of nitrogens with zero attached hydrogens (tertiary/aromatic N) is 1. The van der Waals surface area contributed by atoms with E-state index in [0.29, 0.717) is 36.3 Å². The van der Waals surface area contributed by atoms with Gasteiger partial charge in [-0.1, -0.05) is 30.3 Å². The van der Waals surface area contributed by atoms with Crippen LogP contribution in [0.5, 0.6) is 17.2 Å². The molecule has 0 atom stereocenters. The van der Waals surface area contributed by atoms with Gasteiger partial charge in [-0.05, 0) is 55.1 Å². The molecule has 1 fully saturated rings. The summed E-state index contributed by atoms with van der Waals surface area (Å²) in [6.07, 6.45) is 2.17. The van der Waals surface area contributed by atoms with Crippen LogP contribution in [0.4, 0.5) is 0 Å². The number of rotatable bonds is 8. The second-order valence-corrected chi connectivity index (χ2v) is 7.27. The van der Waals surface area contributed by atoms with Gasteiger partial charge in [0.15, 0.2) is 11.5 Å². The fourth-order valence-electron chi connectivity index (χ4n) is 3.85. The molecule has 1 N–H and O–H groups in total. The first-order valence-corrected chi connectivity index (χ1v) is 9.97. The molecular weight excluding hydrogens is 368 g/mol. The second-order valence-electron chi connectivity index (χ2n) is 7.27. The summed E-state index contributed by atoms with van der Waals surface area (Å²) in [5.41, 5.74) is 2.30. The van der Waals surface area contributed by atoms with Gasteiger partial charge >= 0.3 is 0 Å². The molecule has 29 heavy (non-hydrogen) atoms. The van der Waals surface area contributed by atoms with Gasteiger partial charge in [0, 0.05) is 6.54 Å². The minimum absolute atomic E-state index is 0.0249. The molecule has 2 aromatic rings. The van der Waals surface area contributed by atoms with Crippen LogP contribution in [0.25, 0.3) is 0 Å². The van der Waals surface area contributed by atoms with E-state index in [-0.39, 0.29) is 5.91 Å². The average Bonchev–Trinajstić information content (AvgIpc) is 2.78. The fourth-order valence-corrected chi connectivity index (χ4v) is 3.85. The van der Waals surface area contributed by atoms with Crippen LogP contribution in [-0.2, 0) is 11.3 Å². The zero-order chi connectivity index (χ0) is 20.6. The maximum Gasteiger partial charge on any atom is 0.234 e. The minimum Gasteiger partial charge on any atom is -0.493 e. The first-order chi connectivity index (χ1) is 14.1. The number of methoxy groups -OCH3 is 3. The Labute approximate surface area is 172 Å². The molecule has 3 rings (SSSR count). The number of hydrogen-bond acceptors (Lipinski definition) is 5. The average molecular weight is 399 g/mol. The van der Waals surface area contributed by atoms with Crippen LogP contribution in [0, 0.1) is 0 Å². The predicted octanol–water partition coefficient (Wildman–Crippen LogP) is 3.21. The minimum atomic E-state index is 0.0249. The monoisotopic (exact) mass is 398 g/mol. The van der Waals surface area contributed by atoms with Crippen molar-refractivity contribution in [2.75, 3.05) is 41.0 Å². The number of carbonyl (C=O) groups is 1. The molecule has 1 amide bonds. The molecule has 0 bridgehead atoms. The van der Waals surface area contributed by atoms with Crippen molar-refractivity contribution in [2.24, 2.45) is 0 Å². The third-order valence-electron chi connectivity index (χ3n) is 5.44. The van der Waals surface area contributed by atoms with E-state index in [2.05, 4.69) is 40.5 Å². The molecule has 6 nitrogen and oxygen atoms in total. The lowest BCUT2D eigenvalue weighted by Crippen LogP contribution is -2.41. The van der Waals surface area contributed by atoms with Crippen LogP contribution < -0.4 is 19.5 Å². The van der Waals surface area contributed by atoms with Gasteiger partial charge in [-0.15, -0.1) is 0 Å². The second kappa shape index (κ2) is 10.2.